The monoisotopic (exact) mass is 511 g/mol. The summed E-state index contributed by atoms with van der Waals surface area (Å²) in [5.74, 6) is 0.867. The zero-order chi connectivity index (χ0) is 24.4. The van der Waals surface area contributed by atoms with E-state index in [0.717, 1.165) is 22.3 Å². The summed E-state index contributed by atoms with van der Waals surface area (Å²) >= 11 is 1.23. The summed E-state index contributed by atoms with van der Waals surface area (Å²) in [5, 5.41) is 3.08. The van der Waals surface area contributed by atoms with Crippen molar-refractivity contribution in [3.05, 3.63) is 66.3 Å². The fraction of sp³-hybridized carbons (Fsp3) is 0.250. The number of carbonyl (C=O) groups excluding carboxylic acids is 1. The van der Waals surface area contributed by atoms with Crippen LogP contribution in [0.15, 0.2) is 71.2 Å². The van der Waals surface area contributed by atoms with Crippen LogP contribution in [0.5, 0.6) is 5.75 Å². The first-order valence-electron chi connectivity index (χ1n) is 11.1. The highest BCUT2D eigenvalue weighted by molar-refractivity contribution is 7.93. The van der Waals surface area contributed by atoms with E-state index in [1.54, 1.807) is 43.0 Å². The third kappa shape index (κ3) is 4.96. The molecule has 35 heavy (non-hydrogen) atoms. The molecule has 1 N–H and O–H groups in total. The van der Waals surface area contributed by atoms with Crippen LogP contribution >= 0.6 is 11.3 Å². The van der Waals surface area contributed by atoms with Gasteiger partial charge in [0, 0.05) is 60.5 Å². The summed E-state index contributed by atoms with van der Waals surface area (Å²) in [4.78, 5) is 21.1. The normalized spacial score (nSPS) is 14.3. The summed E-state index contributed by atoms with van der Waals surface area (Å²) in [6.45, 7) is 2.86. The van der Waals surface area contributed by atoms with Crippen molar-refractivity contribution in [3.8, 4) is 5.75 Å². The molecular weight excluding hydrogens is 486 g/mol. The van der Waals surface area contributed by atoms with E-state index in [0.29, 0.717) is 31.3 Å². The van der Waals surface area contributed by atoms with Crippen molar-refractivity contribution in [1.82, 2.24) is 14.5 Å². The van der Waals surface area contributed by atoms with Gasteiger partial charge in [-0.2, -0.15) is 0 Å². The van der Waals surface area contributed by atoms with Crippen LogP contribution in [0.2, 0.25) is 0 Å². The molecule has 3 heterocycles. The lowest BCUT2D eigenvalue weighted by molar-refractivity contribution is -0.132. The molecule has 0 saturated carbocycles. The molecule has 0 radical (unpaired) electrons. The average Bonchev–Trinajstić information content (AvgIpc) is 3.53. The Labute approximate surface area is 207 Å². The number of ether oxygens (including phenoxy) is 1. The van der Waals surface area contributed by atoms with E-state index < -0.39 is 10.0 Å². The predicted molar refractivity (Wildman–Crippen MR) is 137 cm³/mol. The highest BCUT2D eigenvalue weighted by Crippen LogP contribution is 2.24. The van der Waals surface area contributed by atoms with E-state index in [9.17, 15) is 13.2 Å². The Hall–Kier alpha value is -3.57. The van der Waals surface area contributed by atoms with Gasteiger partial charge in [-0.3, -0.25) is 9.52 Å². The molecule has 0 aliphatic carbocycles. The van der Waals surface area contributed by atoms with Gasteiger partial charge in [0.2, 0.25) is 5.91 Å². The lowest BCUT2D eigenvalue weighted by atomic mass is 10.2. The zero-order valence-corrected chi connectivity index (χ0v) is 20.8. The lowest BCUT2D eigenvalue weighted by Crippen LogP contribution is -2.49. The number of amides is 1. The molecule has 0 unspecified atom stereocenters. The maximum atomic E-state index is 12.9. The smallest absolute Gasteiger partial charge is 0.263 e. The molecule has 1 amide bonds. The standard InChI is InChI=1S/C24H25N5O4S2/c1-33-20-4-7-22-18(16-20)8-10-29(22)17-23(30)28-13-11-27(12-14-28)19-2-5-21(6-3-19)35(31,32)26-24-25-9-15-34-24/h2-10,15-16H,11-14,17H2,1H3,(H,25,26). The summed E-state index contributed by atoms with van der Waals surface area (Å²) < 4.78 is 34.8. The van der Waals surface area contributed by atoms with Crippen LogP contribution in [0.1, 0.15) is 0 Å². The van der Waals surface area contributed by atoms with E-state index in [1.807, 2.05) is 39.9 Å². The molecular formula is C24H25N5O4S2. The van der Waals surface area contributed by atoms with Crippen molar-refractivity contribution < 1.29 is 17.9 Å². The number of carbonyl (C=O) groups is 1. The maximum absolute atomic E-state index is 12.9. The van der Waals surface area contributed by atoms with Crippen molar-refractivity contribution in [3.63, 3.8) is 0 Å². The van der Waals surface area contributed by atoms with Crippen molar-refractivity contribution in [2.75, 3.05) is 42.9 Å². The van der Waals surface area contributed by atoms with Crippen LogP contribution < -0.4 is 14.4 Å². The van der Waals surface area contributed by atoms with E-state index in [2.05, 4.69) is 14.6 Å². The first kappa shape index (κ1) is 23.2. The summed E-state index contributed by atoms with van der Waals surface area (Å²) in [6.07, 6.45) is 3.48. The van der Waals surface area contributed by atoms with Crippen LogP contribution in [-0.4, -0.2) is 62.1 Å². The second-order valence-corrected chi connectivity index (χ2v) is 10.7. The molecule has 1 aliphatic rings. The highest BCUT2D eigenvalue weighted by atomic mass is 32.2. The van der Waals surface area contributed by atoms with Crippen molar-refractivity contribution in [1.29, 1.82) is 0 Å². The van der Waals surface area contributed by atoms with Gasteiger partial charge < -0.3 is 19.1 Å². The van der Waals surface area contributed by atoms with Crippen LogP contribution in [0, 0.1) is 0 Å². The van der Waals surface area contributed by atoms with Crippen LogP contribution in [0.4, 0.5) is 10.8 Å². The summed E-state index contributed by atoms with van der Waals surface area (Å²) in [7, 11) is -2.04. The molecule has 4 aromatic rings. The first-order valence-corrected chi connectivity index (χ1v) is 13.5. The minimum Gasteiger partial charge on any atom is -0.497 e. The highest BCUT2D eigenvalue weighted by Gasteiger charge is 2.23. The van der Waals surface area contributed by atoms with E-state index in [1.165, 1.54) is 11.3 Å². The summed E-state index contributed by atoms with van der Waals surface area (Å²) in [6, 6.07) is 14.6. The number of hydrogen-bond acceptors (Lipinski definition) is 7. The minimum absolute atomic E-state index is 0.0765. The molecule has 0 atom stereocenters. The first-order chi connectivity index (χ1) is 16.9. The number of rotatable bonds is 7. The number of hydrogen-bond donors (Lipinski definition) is 1. The molecule has 2 aromatic heterocycles. The largest absolute Gasteiger partial charge is 0.497 e. The van der Waals surface area contributed by atoms with Gasteiger partial charge >= 0.3 is 0 Å². The van der Waals surface area contributed by atoms with Crippen molar-refractivity contribution in [2.24, 2.45) is 0 Å². The summed E-state index contributed by atoms with van der Waals surface area (Å²) in [5.41, 5.74) is 1.92. The lowest BCUT2D eigenvalue weighted by Gasteiger charge is -2.36. The molecule has 1 aliphatic heterocycles. The minimum atomic E-state index is -3.68. The van der Waals surface area contributed by atoms with E-state index >= 15 is 0 Å². The Morgan fingerprint density at radius 2 is 1.86 bits per heavy atom. The van der Waals surface area contributed by atoms with Crippen molar-refractivity contribution >= 4 is 49.0 Å². The number of nitrogens with one attached hydrogen (secondary N) is 1. The fourth-order valence-corrected chi connectivity index (χ4v) is 5.98. The van der Waals surface area contributed by atoms with Gasteiger partial charge in [-0.1, -0.05) is 0 Å². The molecule has 1 fully saturated rings. The average molecular weight is 512 g/mol. The van der Waals surface area contributed by atoms with Gasteiger partial charge in [0.05, 0.1) is 12.0 Å². The molecule has 5 rings (SSSR count). The van der Waals surface area contributed by atoms with E-state index in [4.69, 9.17) is 4.74 Å². The fourth-order valence-electron chi connectivity index (χ4n) is 4.19. The number of fused-ring (bicyclic) bond motifs is 1. The quantitative estimate of drug-likeness (QED) is 0.409. The number of anilines is 2. The number of methoxy groups -OCH3 is 1. The maximum Gasteiger partial charge on any atom is 0.263 e. The molecule has 11 heteroatoms. The number of piperazine rings is 1. The van der Waals surface area contributed by atoms with Gasteiger partial charge in [0.15, 0.2) is 5.13 Å². The SMILES string of the molecule is COc1ccc2c(ccn2CC(=O)N2CCN(c3ccc(S(=O)(=O)Nc4nccs4)cc3)CC2)c1. The molecule has 9 nitrogen and oxygen atoms in total. The molecule has 182 valence electrons. The topological polar surface area (TPSA) is 96.8 Å². The van der Waals surface area contributed by atoms with E-state index in [-0.39, 0.29) is 17.3 Å². The molecule has 0 spiro atoms. The Morgan fingerprint density at radius 3 is 2.54 bits per heavy atom. The Bertz CT molecular complexity index is 1420. The Morgan fingerprint density at radius 1 is 1.09 bits per heavy atom. The number of aromatic nitrogens is 2. The van der Waals surface area contributed by atoms with Crippen molar-refractivity contribution in [2.45, 2.75) is 11.4 Å². The third-order valence-corrected chi connectivity index (χ3v) is 8.25. The van der Waals surface area contributed by atoms with Gasteiger partial charge in [-0.25, -0.2) is 13.4 Å². The van der Waals surface area contributed by atoms with Crippen LogP contribution in [0.25, 0.3) is 10.9 Å². The predicted octanol–water partition coefficient (Wildman–Crippen LogP) is 3.26. The molecule has 2 aromatic carbocycles. The second-order valence-electron chi connectivity index (χ2n) is 8.17. The Kier molecular flexibility index (Phi) is 6.35. The number of thiazole rings is 1. The number of sulfonamides is 1. The van der Waals surface area contributed by atoms with Gasteiger partial charge in [-0.05, 0) is 48.5 Å². The molecule has 0 bridgehead atoms. The second kappa shape index (κ2) is 9.59. The molecule has 1 saturated heterocycles. The van der Waals surface area contributed by atoms with Gasteiger partial charge in [0.25, 0.3) is 10.0 Å². The van der Waals surface area contributed by atoms with Gasteiger partial charge in [0.1, 0.15) is 12.3 Å². The Balaban J connectivity index is 1.18. The number of benzene rings is 2. The zero-order valence-electron chi connectivity index (χ0n) is 19.1. The third-order valence-electron chi connectivity index (χ3n) is 6.08. The van der Waals surface area contributed by atoms with Crippen LogP contribution in [0.3, 0.4) is 0 Å². The van der Waals surface area contributed by atoms with Gasteiger partial charge in [-0.15, -0.1) is 11.3 Å². The number of nitrogens with zero attached hydrogens (tertiary/aromatic N) is 4. The van der Waals surface area contributed by atoms with Crippen LogP contribution in [-0.2, 0) is 21.4 Å².